The van der Waals surface area contributed by atoms with Crippen molar-refractivity contribution < 1.29 is 14.3 Å². The van der Waals surface area contributed by atoms with Crippen molar-refractivity contribution in [3.8, 4) is 11.5 Å². The summed E-state index contributed by atoms with van der Waals surface area (Å²) < 4.78 is 10.5. The molecule has 0 bridgehead atoms. The molecular weight excluding hydrogens is 332 g/mol. The lowest BCUT2D eigenvalue weighted by Crippen LogP contribution is -2.45. The van der Waals surface area contributed by atoms with Gasteiger partial charge in [0.05, 0.1) is 20.8 Å². The smallest absolute Gasteiger partial charge is 0.239 e. The third-order valence-electron chi connectivity index (χ3n) is 4.52. The molecule has 144 valence electrons. The van der Waals surface area contributed by atoms with E-state index in [4.69, 9.17) is 9.47 Å². The second-order valence-corrected chi connectivity index (χ2v) is 6.37. The highest BCUT2D eigenvalue weighted by Crippen LogP contribution is 2.27. The number of carbonyl (C=O) groups excluding carboxylic acids is 1. The van der Waals surface area contributed by atoms with Gasteiger partial charge in [-0.1, -0.05) is 25.3 Å². The SMILES string of the molecule is CN=C(NCC(=O)NC1CCCCC1)NCc1ccc(OC)c(OC)c1. The molecule has 0 unspecified atom stereocenters. The van der Waals surface area contributed by atoms with E-state index in [0.717, 1.165) is 18.4 Å². The third-order valence-corrected chi connectivity index (χ3v) is 4.52. The maximum atomic E-state index is 12.1. The molecule has 3 N–H and O–H groups in total. The third kappa shape index (κ3) is 6.13. The molecule has 1 aliphatic rings. The van der Waals surface area contributed by atoms with Crippen LogP contribution in [0.5, 0.6) is 11.5 Å². The number of guanidine groups is 1. The molecular formula is C19H30N4O3. The molecule has 1 aliphatic carbocycles. The first-order chi connectivity index (χ1) is 12.7. The molecule has 0 aliphatic heterocycles. The average molecular weight is 362 g/mol. The van der Waals surface area contributed by atoms with Crippen molar-refractivity contribution >= 4 is 11.9 Å². The Labute approximate surface area is 155 Å². The van der Waals surface area contributed by atoms with Gasteiger partial charge in [0.1, 0.15) is 0 Å². The summed E-state index contributed by atoms with van der Waals surface area (Å²) in [4.78, 5) is 16.2. The highest BCUT2D eigenvalue weighted by molar-refractivity contribution is 5.86. The molecule has 2 rings (SSSR count). The molecule has 0 atom stereocenters. The zero-order chi connectivity index (χ0) is 18.8. The molecule has 1 aromatic rings. The number of ether oxygens (including phenoxy) is 2. The number of nitrogens with zero attached hydrogens (tertiary/aromatic N) is 1. The summed E-state index contributed by atoms with van der Waals surface area (Å²) >= 11 is 0. The Morgan fingerprint density at radius 1 is 1.12 bits per heavy atom. The second-order valence-electron chi connectivity index (χ2n) is 6.37. The van der Waals surface area contributed by atoms with Gasteiger partial charge in [-0.25, -0.2) is 0 Å². The quantitative estimate of drug-likeness (QED) is 0.509. The van der Waals surface area contributed by atoms with E-state index in [1.807, 2.05) is 18.2 Å². The Morgan fingerprint density at radius 3 is 2.50 bits per heavy atom. The molecule has 1 fully saturated rings. The maximum absolute atomic E-state index is 12.1. The molecule has 0 spiro atoms. The average Bonchev–Trinajstić information content (AvgIpc) is 2.68. The van der Waals surface area contributed by atoms with Crippen LogP contribution in [0.1, 0.15) is 37.7 Å². The number of hydrogen-bond donors (Lipinski definition) is 3. The van der Waals surface area contributed by atoms with Crippen LogP contribution < -0.4 is 25.4 Å². The molecule has 1 aromatic carbocycles. The molecule has 7 nitrogen and oxygen atoms in total. The number of hydrogen-bond acceptors (Lipinski definition) is 4. The van der Waals surface area contributed by atoms with Gasteiger partial charge < -0.3 is 25.4 Å². The van der Waals surface area contributed by atoms with Gasteiger partial charge in [-0.2, -0.15) is 0 Å². The van der Waals surface area contributed by atoms with Crippen molar-refractivity contribution in [3.05, 3.63) is 23.8 Å². The molecule has 0 heterocycles. The van der Waals surface area contributed by atoms with Gasteiger partial charge in [0.15, 0.2) is 17.5 Å². The van der Waals surface area contributed by atoms with E-state index in [0.29, 0.717) is 30.0 Å². The van der Waals surface area contributed by atoms with Crippen molar-refractivity contribution in [1.29, 1.82) is 0 Å². The minimum Gasteiger partial charge on any atom is -0.493 e. The molecule has 0 saturated heterocycles. The Balaban J connectivity index is 1.77. The first-order valence-corrected chi connectivity index (χ1v) is 9.11. The summed E-state index contributed by atoms with van der Waals surface area (Å²) in [6.07, 6.45) is 5.84. The number of aliphatic imine (C=N–C) groups is 1. The van der Waals surface area contributed by atoms with Gasteiger partial charge in [0.2, 0.25) is 5.91 Å². The number of amides is 1. The second kappa shape index (κ2) is 10.5. The van der Waals surface area contributed by atoms with Crippen LogP contribution in [0, 0.1) is 0 Å². The van der Waals surface area contributed by atoms with Crippen LogP contribution in [0.2, 0.25) is 0 Å². The Bertz CT molecular complexity index is 613. The number of nitrogens with one attached hydrogen (secondary N) is 3. The predicted molar refractivity (Wildman–Crippen MR) is 103 cm³/mol. The van der Waals surface area contributed by atoms with Crippen molar-refractivity contribution in [2.45, 2.75) is 44.7 Å². The fourth-order valence-electron chi connectivity index (χ4n) is 3.09. The Morgan fingerprint density at radius 2 is 1.85 bits per heavy atom. The lowest BCUT2D eigenvalue weighted by atomic mass is 9.95. The monoisotopic (exact) mass is 362 g/mol. The molecule has 0 aromatic heterocycles. The summed E-state index contributed by atoms with van der Waals surface area (Å²) in [5.74, 6) is 1.96. The van der Waals surface area contributed by atoms with Gasteiger partial charge in [0.25, 0.3) is 0 Å². The lowest BCUT2D eigenvalue weighted by Gasteiger charge is -2.23. The Kier molecular flexibility index (Phi) is 8.05. The topological polar surface area (TPSA) is 84.0 Å². The van der Waals surface area contributed by atoms with Crippen LogP contribution in [-0.4, -0.2) is 45.7 Å². The normalized spacial score (nSPS) is 15.3. The van der Waals surface area contributed by atoms with Gasteiger partial charge in [-0.3, -0.25) is 9.79 Å². The molecule has 0 radical (unpaired) electrons. The minimum absolute atomic E-state index is 0.00552. The van der Waals surface area contributed by atoms with E-state index in [2.05, 4.69) is 20.9 Å². The van der Waals surface area contributed by atoms with E-state index in [1.54, 1.807) is 21.3 Å². The van der Waals surface area contributed by atoms with E-state index >= 15 is 0 Å². The van der Waals surface area contributed by atoms with Crippen LogP contribution in [0.3, 0.4) is 0 Å². The van der Waals surface area contributed by atoms with Crippen LogP contribution in [0.25, 0.3) is 0 Å². The van der Waals surface area contributed by atoms with Gasteiger partial charge in [-0.15, -0.1) is 0 Å². The van der Waals surface area contributed by atoms with Crippen LogP contribution >= 0.6 is 0 Å². The van der Waals surface area contributed by atoms with Crippen LogP contribution in [-0.2, 0) is 11.3 Å². The summed E-state index contributed by atoms with van der Waals surface area (Å²) in [6.45, 7) is 0.770. The Hall–Kier alpha value is -2.44. The van der Waals surface area contributed by atoms with Crippen molar-refractivity contribution in [3.63, 3.8) is 0 Å². The van der Waals surface area contributed by atoms with Gasteiger partial charge in [0, 0.05) is 19.6 Å². The predicted octanol–water partition coefficient (Wildman–Crippen LogP) is 1.82. The number of benzene rings is 1. The molecule has 1 saturated carbocycles. The van der Waals surface area contributed by atoms with Crippen LogP contribution in [0.15, 0.2) is 23.2 Å². The van der Waals surface area contributed by atoms with E-state index in [1.165, 1.54) is 19.3 Å². The fraction of sp³-hybridized carbons (Fsp3) is 0.579. The van der Waals surface area contributed by atoms with Crippen LogP contribution in [0.4, 0.5) is 0 Å². The van der Waals surface area contributed by atoms with E-state index in [-0.39, 0.29) is 12.5 Å². The molecule has 7 heteroatoms. The number of carbonyl (C=O) groups is 1. The van der Waals surface area contributed by atoms with E-state index in [9.17, 15) is 4.79 Å². The van der Waals surface area contributed by atoms with Gasteiger partial charge >= 0.3 is 0 Å². The van der Waals surface area contributed by atoms with Crippen molar-refractivity contribution in [2.24, 2.45) is 4.99 Å². The highest BCUT2D eigenvalue weighted by Gasteiger charge is 2.15. The summed E-state index contributed by atoms with van der Waals surface area (Å²) in [7, 11) is 4.91. The van der Waals surface area contributed by atoms with Crippen molar-refractivity contribution in [2.75, 3.05) is 27.8 Å². The van der Waals surface area contributed by atoms with Crippen molar-refractivity contribution in [1.82, 2.24) is 16.0 Å². The largest absolute Gasteiger partial charge is 0.493 e. The number of methoxy groups -OCH3 is 2. The first kappa shape index (κ1) is 19.9. The van der Waals surface area contributed by atoms with Gasteiger partial charge in [-0.05, 0) is 30.5 Å². The zero-order valence-corrected chi connectivity index (χ0v) is 15.9. The highest BCUT2D eigenvalue weighted by atomic mass is 16.5. The first-order valence-electron chi connectivity index (χ1n) is 9.11. The standard InChI is InChI=1S/C19H30N4O3/c1-20-19(22-13-18(24)23-15-7-5-4-6-8-15)21-12-14-9-10-16(25-2)17(11-14)26-3/h9-11,15H,4-8,12-13H2,1-3H3,(H,23,24)(H2,20,21,22). The molecule has 1 amide bonds. The lowest BCUT2D eigenvalue weighted by molar-refractivity contribution is -0.120. The maximum Gasteiger partial charge on any atom is 0.239 e. The summed E-state index contributed by atoms with van der Waals surface area (Å²) in [6, 6.07) is 6.05. The fourth-order valence-corrected chi connectivity index (χ4v) is 3.09. The zero-order valence-electron chi connectivity index (χ0n) is 15.9. The van der Waals surface area contributed by atoms with E-state index < -0.39 is 0 Å². The summed E-state index contributed by atoms with van der Waals surface area (Å²) in [5, 5.41) is 9.33. The summed E-state index contributed by atoms with van der Waals surface area (Å²) in [5.41, 5.74) is 1.03. The minimum atomic E-state index is 0.00552. The number of rotatable bonds is 7. The molecule has 26 heavy (non-hydrogen) atoms.